The summed E-state index contributed by atoms with van der Waals surface area (Å²) in [4.78, 5) is 0. The van der Waals surface area contributed by atoms with E-state index in [9.17, 15) is 0 Å². The molecule has 1 heterocycles. The normalized spacial score (nSPS) is 42.0. The van der Waals surface area contributed by atoms with Gasteiger partial charge in [-0.15, -0.1) is 0 Å². The van der Waals surface area contributed by atoms with Gasteiger partial charge >= 0.3 is 0 Å². The first-order valence-electron chi connectivity index (χ1n) is 4.33. The Morgan fingerprint density at radius 2 is 1.70 bits per heavy atom. The standard InChI is InChI=1S/C9H20N/c1-7(2)9(4)10(5)6-8(10)3/h7-9H,6H2,1-5H3/q+1. The van der Waals surface area contributed by atoms with Gasteiger partial charge in [0.25, 0.3) is 0 Å². The van der Waals surface area contributed by atoms with E-state index in [1.165, 1.54) is 11.0 Å². The molecule has 0 aliphatic carbocycles. The molecule has 3 unspecified atom stereocenters. The predicted octanol–water partition coefficient (Wildman–Crippen LogP) is 1.88. The molecule has 1 fully saturated rings. The molecular weight excluding hydrogens is 122 g/mol. The monoisotopic (exact) mass is 142 g/mol. The summed E-state index contributed by atoms with van der Waals surface area (Å²) in [5, 5.41) is 0. The third kappa shape index (κ3) is 1.07. The molecule has 1 aliphatic heterocycles. The van der Waals surface area contributed by atoms with E-state index in [4.69, 9.17) is 0 Å². The Morgan fingerprint density at radius 1 is 1.30 bits per heavy atom. The average Bonchev–Trinajstić information content (AvgIpc) is 2.41. The summed E-state index contributed by atoms with van der Waals surface area (Å²) in [7, 11) is 2.37. The highest BCUT2D eigenvalue weighted by Gasteiger charge is 2.51. The molecule has 3 atom stereocenters. The second-order valence-electron chi connectivity index (χ2n) is 4.36. The van der Waals surface area contributed by atoms with Gasteiger partial charge in [-0.05, 0) is 13.8 Å². The molecule has 60 valence electrons. The Hall–Kier alpha value is -0.0400. The van der Waals surface area contributed by atoms with Gasteiger partial charge in [0.2, 0.25) is 0 Å². The minimum atomic E-state index is 0.829. The van der Waals surface area contributed by atoms with Gasteiger partial charge in [0.1, 0.15) is 12.6 Å². The van der Waals surface area contributed by atoms with Gasteiger partial charge in [-0.1, -0.05) is 13.8 Å². The molecule has 10 heavy (non-hydrogen) atoms. The van der Waals surface area contributed by atoms with Crippen LogP contribution in [0.5, 0.6) is 0 Å². The molecule has 0 amide bonds. The van der Waals surface area contributed by atoms with Crippen molar-refractivity contribution < 1.29 is 4.48 Å². The van der Waals surface area contributed by atoms with Gasteiger partial charge in [-0.25, -0.2) is 0 Å². The van der Waals surface area contributed by atoms with Crippen molar-refractivity contribution in [3.05, 3.63) is 0 Å². The van der Waals surface area contributed by atoms with Crippen LogP contribution in [0.4, 0.5) is 0 Å². The Kier molecular flexibility index (Phi) is 1.80. The van der Waals surface area contributed by atoms with Gasteiger partial charge in [0, 0.05) is 5.92 Å². The van der Waals surface area contributed by atoms with Crippen LogP contribution < -0.4 is 0 Å². The SMILES string of the molecule is CC(C)C(C)[N+]1(C)CC1C. The number of nitrogens with zero attached hydrogens (tertiary/aromatic N) is 1. The highest BCUT2D eigenvalue weighted by molar-refractivity contribution is 4.72. The van der Waals surface area contributed by atoms with E-state index >= 15 is 0 Å². The molecule has 1 heteroatoms. The Bertz CT molecular complexity index is 131. The first kappa shape index (κ1) is 8.06. The van der Waals surface area contributed by atoms with Crippen molar-refractivity contribution in [1.29, 1.82) is 0 Å². The summed E-state index contributed by atoms with van der Waals surface area (Å²) >= 11 is 0. The summed E-state index contributed by atoms with van der Waals surface area (Å²) in [6.07, 6.45) is 0. The molecule has 1 nitrogen and oxygen atoms in total. The highest BCUT2D eigenvalue weighted by Crippen LogP contribution is 2.34. The van der Waals surface area contributed by atoms with E-state index in [2.05, 4.69) is 34.7 Å². The van der Waals surface area contributed by atoms with Crippen LogP contribution in [0.1, 0.15) is 27.7 Å². The lowest BCUT2D eigenvalue weighted by atomic mass is 10.1. The molecule has 0 bridgehead atoms. The predicted molar refractivity (Wildman–Crippen MR) is 44.8 cm³/mol. The molecule has 0 saturated carbocycles. The fourth-order valence-corrected chi connectivity index (χ4v) is 1.77. The summed E-state index contributed by atoms with van der Waals surface area (Å²) in [5.74, 6) is 0.829. The molecule has 1 saturated heterocycles. The number of hydrogen-bond donors (Lipinski definition) is 0. The second-order valence-corrected chi connectivity index (χ2v) is 4.36. The third-order valence-electron chi connectivity index (χ3n) is 3.43. The maximum absolute atomic E-state index is 2.37. The van der Waals surface area contributed by atoms with Crippen LogP contribution in [0.2, 0.25) is 0 Å². The second kappa shape index (κ2) is 2.23. The van der Waals surface area contributed by atoms with E-state index in [1.807, 2.05) is 0 Å². The molecule has 0 aromatic rings. The van der Waals surface area contributed by atoms with E-state index < -0.39 is 0 Å². The van der Waals surface area contributed by atoms with Gasteiger partial charge < -0.3 is 4.48 Å². The first-order valence-corrected chi connectivity index (χ1v) is 4.33. The van der Waals surface area contributed by atoms with Crippen LogP contribution >= 0.6 is 0 Å². The van der Waals surface area contributed by atoms with Crippen LogP contribution in [0.25, 0.3) is 0 Å². The zero-order chi connectivity index (χ0) is 7.94. The molecule has 0 aromatic heterocycles. The van der Waals surface area contributed by atoms with Crippen molar-refractivity contribution >= 4 is 0 Å². The molecule has 0 N–H and O–H groups in total. The zero-order valence-electron chi connectivity index (χ0n) is 7.89. The topological polar surface area (TPSA) is 0 Å². The van der Waals surface area contributed by atoms with Crippen LogP contribution in [0, 0.1) is 5.92 Å². The smallest absolute Gasteiger partial charge is 0.136 e. The number of hydrogen-bond acceptors (Lipinski definition) is 0. The Labute approximate surface area is 64.6 Å². The van der Waals surface area contributed by atoms with E-state index in [0.29, 0.717) is 0 Å². The summed E-state index contributed by atoms with van der Waals surface area (Å²) < 4.78 is 1.30. The number of quaternary nitrogens is 1. The molecular formula is C9H20N+. The van der Waals surface area contributed by atoms with Gasteiger partial charge in [0.15, 0.2) is 0 Å². The number of likely N-dealkylation sites (N-methyl/N-ethyl adjacent to an activating group) is 1. The van der Waals surface area contributed by atoms with E-state index in [1.54, 1.807) is 0 Å². The van der Waals surface area contributed by atoms with Crippen LogP contribution in [0.15, 0.2) is 0 Å². The summed E-state index contributed by atoms with van der Waals surface area (Å²) in [6, 6.07) is 1.76. The third-order valence-corrected chi connectivity index (χ3v) is 3.43. The van der Waals surface area contributed by atoms with E-state index in [0.717, 1.165) is 18.0 Å². The van der Waals surface area contributed by atoms with Crippen molar-refractivity contribution in [1.82, 2.24) is 0 Å². The quantitative estimate of drug-likeness (QED) is 0.408. The van der Waals surface area contributed by atoms with Crippen LogP contribution in [0.3, 0.4) is 0 Å². The van der Waals surface area contributed by atoms with Gasteiger partial charge in [-0.2, -0.15) is 0 Å². The fraction of sp³-hybridized carbons (Fsp3) is 1.00. The zero-order valence-corrected chi connectivity index (χ0v) is 7.89. The lowest BCUT2D eigenvalue weighted by molar-refractivity contribution is -0.821. The van der Waals surface area contributed by atoms with E-state index in [-0.39, 0.29) is 0 Å². The first-order chi connectivity index (χ1) is 4.48. The van der Waals surface area contributed by atoms with Crippen molar-refractivity contribution in [2.45, 2.75) is 39.8 Å². The van der Waals surface area contributed by atoms with Crippen molar-refractivity contribution in [2.24, 2.45) is 5.92 Å². The average molecular weight is 142 g/mol. The molecule has 1 rings (SSSR count). The number of rotatable bonds is 2. The minimum absolute atomic E-state index is 0.829. The van der Waals surface area contributed by atoms with Crippen LogP contribution in [-0.2, 0) is 0 Å². The summed E-state index contributed by atoms with van der Waals surface area (Å²) in [6.45, 7) is 10.7. The minimum Gasteiger partial charge on any atom is -0.312 e. The molecule has 0 radical (unpaired) electrons. The molecule has 0 spiro atoms. The maximum atomic E-state index is 2.37. The highest BCUT2D eigenvalue weighted by atomic mass is 15.5. The Morgan fingerprint density at radius 3 is 1.80 bits per heavy atom. The van der Waals surface area contributed by atoms with Crippen molar-refractivity contribution in [3.8, 4) is 0 Å². The largest absolute Gasteiger partial charge is 0.312 e. The molecule has 0 aromatic carbocycles. The molecule has 1 aliphatic rings. The summed E-state index contributed by atoms with van der Waals surface area (Å²) in [5.41, 5.74) is 0. The van der Waals surface area contributed by atoms with Gasteiger partial charge in [0.05, 0.1) is 13.1 Å². The van der Waals surface area contributed by atoms with Crippen molar-refractivity contribution in [2.75, 3.05) is 13.6 Å². The van der Waals surface area contributed by atoms with Gasteiger partial charge in [-0.3, -0.25) is 0 Å². The Balaban J connectivity index is 2.50. The maximum Gasteiger partial charge on any atom is 0.136 e. The fourth-order valence-electron chi connectivity index (χ4n) is 1.77. The van der Waals surface area contributed by atoms with Crippen LogP contribution in [-0.4, -0.2) is 30.2 Å². The van der Waals surface area contributed by atoms with Crippen molar-refractivity contribution in [3.63, 3.8) is 0 Å². The lowest BCUT2D eigenvalue weighted by Gasteiger charge is -2.25. The lowest BCUT2D eigenvalue weighted by Crippen LogP contribution is -2.37.